The van der Waals surface area contributed by atoms with Crippen molar-refractivity contribution in [3.63, 3.8) is 0 Å². The molecule has 0 aromatic heterocycles. The smallest absolute Gasteiger partial charge is 0.126 e. The van der Waals surface area contributed by atoms with Gasteiger partial charge in [-0.2, -0.15) is 0 Å². The fourth-order valence-corrected chi connectivity index (χ4v) is 2.00. The lowest BCUT2D eigenvalue weighted by Gasteiger charge is -2.27. The van der Waals surface area contributed by atoms with Gasteiger partial charge in [-0.3, -0.25) is 0 Å². The minimum atomic E-state index is -0.141. The van der Waals surface area contributed by atoms with Gasteiger partial charge in [0.1, 0.15) is 5.82 Å². The van der Waals surface area contributed by atoms with Gasteiger partial charge in [0.25, 0.3) is 0 Å². The van der Waals surface area contributed by atoms with Crippen LogP contribution in [0.5, 0.6) is 0 Å². The fraction of sp³-hybridized carbons (Fsp3) is 0.571. The molecule has 0 bridgehead atoms. The van der Waals surface area contributed by atoms with Crippen LogP contribution >= 0.6 is 0 Å². The van der Waals surface area contributed by atoms with E-state index in [0.717, 1.165) is 12.0 Å². The van der Waals surface area contributed by atoms with Gasteiger partial charge < -0.3 is 10.6 Å². The summed E-state index contributed by atoms with van der Waals surface area (Å²) in [6.45, 7) is 4.63. The van der Waals surface area contributed by atoms with Gasteiger partial charge in [0.05, 0.1) is 0 Å². The van der Waals surface area contributed by atoms with Gasteiger partial charge in [-0.15, -0.1) is 0 Å². The molecule has 2 atom stereocenters. The van der Waals surface area contributed by atoms with Crippen molar-refractivity contribution in [3.05, 3.63) is 35.1 Å². The molecule has 1 aromatic carbocycles. The van der Waals surface area contributed by atoms with E-state index in [2.05, 4.69) is 11.8 Å². The number of nitrogens with two attached hydrogens (primary N) is 1. The first kappa shape index (κ1) is 14.1. The van der Waals surface area contributed by atoms with Crippen LogP contribution in [0.4, 0.5) is 4.39 Å². The Labute approximate surface area is 104 Å². The molecule has 0 radical (unpaired) electrons. The molecule has 0 spiro atoms. The summed E-state index contributed by atoms with van der Waals surface area (Å²) in [6, 6.07) is 5.65. The summed E-state index contributed by atoms with van der Waals surface area (Å²) in [5, 5.41) is 0. The minimum absolute atomic E-state index is 0.141. The first-order valence-electron chi connectivity index (χ1n) is 6.08. The SMILES string of the molecule is Cc1cc(C(CC(C)CN)N(C)C)ccc1F. The monoisotopic (exact) mass is 238 g/mol. The van der Waals surface area contributed by atoms with Crippen molar-refractivity contribution in [1.82, 2.24) is 4.90 Å². The van der Waals surface area contributed by atoms with Crippen LogP contribution in [-0.2, 0) is 0 Å². The maximum atomic E-state index is 13.3. The first-order valence-corrected chi connectivity index (χ1v) is 6.08. The van der Waals surface area contributed by atoms with Crippen molar-refractivity contribution in [3.8, 4) is 0 Å². The molecule has 0 aliphatic heterocycles. The van der Waals surface area contributed by atoms with Gasteiger partial charge in [0.15, 0.2) is 0 Å². The third-order valence-electron chi connectivity index (χ3n) is 3.22. The number of aryl methyl sites for hydroxylation is 1. The number of benzene rings is 1. The van der Waals surface area contributed by atoms with Crippen LogP contribution in [0.1, 0.15) is 30.5 Å². The molecule has 0 saturated heterocycles. The summed E-state index contributed by atoms with van der Waals surface area (Å²) in [6.07, 6.45) is 0.995. The molecule has 2 nitrogen and oxygen atoms in total. The van der Waals surface area contributed by atoms with Crippen LogP contribution < -0.4 is 5.73 Å². The lowest BCUT2D eigenvalue weighted by atomic mass is 9.94. The van der Waals surface area contributed by atoms with Crippen LogP contribution in [0.3, 0.4) is 0 Å². The van der Waals surface area contributed by atoms with E-state index in [0.29, 0.717) is 24.1 Å². The summed E-state index contributed by atoms with van der Waals surface area (Å²) >= 11 is 0. The Morgan fingerprint density at radius 3 is 2.47 bits per heavy atom. The number of rotatable bonds is 5. The molecule has 0 amide bonds. The Kier molecular flexibility index (Phi) is 5.09. The van der Waals surface area contributed by atoms with Crippen molar-refractivity contribution >= 4 is 0 Å². The molecule has 1 rings (SSSR count). The van der Waals surface area contributed by atoms with Crippen molar-refractivity contribution in [1.29, 1.82) is 0 Å². The second kappa shape index (κ2) is 6.12. The molecule has 0 heterocycles. The van der Waals surface area contributed by atoms with Crippen molar-refractivity contribution in [2.24, 2.45) is 11.7 Å². The lowest BCUT2D eigenvalue weighted by Crippen LogP contribution is -2.24. The zero-order valence-corrected chi connectivity index (χ0v) is 11.2. The minimum Gasteiger partial charge on any atom is -0.330 e. The van der Waals surface area contributed by atoms with Crippen LogP contribution in [0.2, 0.25) is 0 Å². The van der Waals surface area contributed by atoms with E-state index in [1.54, 1.807) is 13.0 Å². The van der Waals surface area contributed by atoms with Crippen molar-refractivity contribution in [2.45, 2.75) is 26.3 Å². The van der Waals surface area contributed by atoms with Gasteiger partial charge in [0, 0.05) is 6.04 Å². The Bertz CT molecular complexity index is 363. The second-order valence-corrected chi connectivity index (χ2v) is 5.06. The highest BCUT2D eigenvalue weighted by molar-refractivity contribution is 5.26. The summed E-state index contributed by atoms with van der Waals surface area (Å²) in [5.74, 6) is 0.325. The molecule has 0 aliphatic rings. The highest BCUT2D eigenvalue weighted by Gasteiger charge is 2.17. The number of hydrogen-bond donors (Lipinski definition) is 1. The van der Waals surface area contributed by atoms with Crippen LogP contribution in [0.15, 0.2) is 18.2 Å². The van der Waals surface area contributed by atoms with Gasteiger partial charge in [-0.25, -0.2) is 4.39 Å². The van der Waals surface area contributed by atoms with E-state index < -0.39 is 0 Å². The molecular weight excluding hydrogens is 215 g/mol. The molecule has 96 valence electrons. The lowest BCUT2D eigenvalue weighted by molar-refractivity contribution is 0.255. The van der Waals surface area contributed by atoms with Crippen molar-refractivity contribution < 1.29 is 4.39 Å². The molecule has 0 aliphatic carbocycles. The fourth-order valence-electron chi connectivity index (χ4n) is 2.00. The van der Waals surface area contributed by atoms with Crippen LogP contribution in [0, 0.1) is 18.7 Å². The molecular formula is C14H23FN2. The van der Waals surface area contributed by atoms with E-state index in [1.165, 1.54) is 0 Å². The van der Waals surface area contributed by atoms with Crippen LogP contribution in [-0.4, -0.2) is 25.5 Å². The van der Waals surface area contributed by atoms with E-state index >= 15 is 0 Å². The maximum absolute atomic E-state index is 13.3. The van der Waals surface area contributed by atoms with Crippen LogP contribution in [0.25, 0.3) is 0 Å². The Morgan fingerprint density at radius 1 is 1.35 bits per heavy atom. The standard InChI is InChI=1S/C14H23FN2/c1-10(9-16)7-14(17(3)4)12-5-6-13(15)11(2)8-12/h5-6,8,10,14H,7,9,16H2,1-4H3. The van der Waals surface area contributed by atoms with E-state index in [4.69, 9.17) is 5.73 Å². The largest absolute Gasteiger partial charge is 0.330 e. The normalized spacial score (nSPS) is 15.0. The first-order chi connectivity index (χ1) is 7.95. The number of hydrogen-bond acceptors (Lipinski definition) is 2. The summed E-state index contributed by atoms with van der Waals surface area (Å²) in [5.41, 5.74) is 7.54. The van der Waals surface area contributed by atoms with Gasteiger partial charge in [-0.05, 0) is 57.1 Å². The molecule has 2 N–H and O–H groups in total. The summed E-state index contributed by atoms with van der Waals surface area (Å²) in [4.78, 5) is 2.17. The average molecular weight is 238 g/mol. The third kappa shape index (κ3) is 3.79. The molecule has 2 unspecified atom stereocenters. The quantitative estimate of drug-likeness (QED) is 0.854. The zero-order valence-electron chi connectivity index (χ0n) is 11.2. The Morgan fingerprint density at radius 2 is 2.00 bits per heavy atom. The number of nitrogens with zero attached hydrogens (tertiary/aromatic N) is 1. The number of halogens is 1. The van der Waals surface area contributed by atoms with Gasteiger partial charge >= 0.3 is 0 Å². The van der Waals surface area contributed by atoms with E-state index in [1.807, 2.05) is 26.2 Å². The molecule has 1 aromatic rings. The van der Waals surface area contributed by atoms with Gasteiger partial charge in [-0.1, -0.05) is 19.1 Å². The highest BCUT2D eigenvalue weighted by atomic mass is 19.1. The van der Waals surface area contributed by atoms with Gasteiger partial charge in [0.2, 0.25) is 0 Å². The predicted octanol–water partition coefficient (Wildman–Crippen LogP) is 2.72. The molecule has 0 fully saturated rings. The van der Waals surface area contributed by atoms with E-state index in [9.17, 15) is 4.39 Å². The second-order valence-electron chi connectivity index (χ2n) is 5.06. The molecule has 3 heteroatoms. The molecule has 17 heavy (non-hydrogen) atoms. The summed E-state index contributed by atoms with van der Waals surface area (Å²) < 4.78 is 13.3. The Balaban J connectivity index is 2.93. The third-order valence-corrected chi connectivity index (χ3v) is 3.22. The topological polar surface area (TPSA) is 29.3 Å². The predicted molar refractivity (Wildman–Crippen MR) is 70.4 cm³/mol. The molecule has 0 saturated carbocycles. The Hall–Kier alpha value is -0.930. The summed E-state index contributed by atoms with van der Waals surface area (Å²) in [7, 11) is 4.10. The highest BCUT2D eigenvalue weighted by Crippen LogP contribution is 2.26. The van der Waals surface area contributed by atoms with Crippen molar-refractivity contribution in [2.75, 3.05) is 20.6 Å². The average Bonchev–Trinajstić information content (AvgIpc) is 2.29. The maximum Gasteiger partial charge on any atom is 0.126 e. The van der Waals surface area contributed by atoms with E-state index in [-0.39, 0.29) is 5.82 Å². The zero-order chi connectivity index (χ0) is 13.0.